The van der Waals surface area contributed by atoms with E-state index in [1.54, 1.807) is 96.0 Å². The zero-order valence-electron chi connectivity index (χ0n) is 95.1. The van der Waals surface area contributed by atoms with Crippen LogP contribution >= 0.6 is 0 Å². The van der Waals surface area contributed by atoms with E-state index in [0.717, 1.165) is 73.9 Å². The van der Waals surface area contributed by atoms with Crippen molar-refractivity contribution in [2.75, 3.05) is 19.8 Å². The van der Waals surface area contributed by atoms with Gasteiger partial charge in [0, 0.05) is 43.5 Å². The van der Waals surface area contributed by atoms with Crippen LogP contribution in [0.2, 0.25) is 0 Å². The van der Waals surface area contributed by atoms with Gasteiger partial charge >= 0.3 is 5.97 Å². The normalized spacial score (nSPS) is 24.4. The highest BCUT2D eigenvalue weighted by molar-refractivity contribution is 5.76. The average Bonchev–Trinajstić information content (AvgIpc) is 1.51. The Morgan fingerprint density at radius 3 is 0.977 bits per heavy atom. The number of rotatable bonds is 0. The molecule has 9 unspecified atom stereocenters. The van der Waals surface area contributed by atoms with Crippen LogP contribution in [0.25, 0.3) is 0 Å². The second-order valence-electron chi connectivity index (χ2n) is 34.1. The number of ether oxygens (including phenoxy) is 5. The zero-order chi connectivity index (χ0) is 100. The molecule has 5 saturated carbocycles. The molecule has 4 aromatic rings. The first kappa shape index (κ1) is 143. The Hall–Kier alpha value is -4.43. The average molecular weight is 1850 g/mol. The smallest absolute Gasteiger partial charge is 0.310 e. The largest absolute Gasteiger partial charge is 0.493 e. The zero-order valence-corrected chi connectivity index (χ0v) is 95.1. The lowest BCUT2D eigenvalue weighted by Gasteiger charge is -2.35. The van der Waals surface area contributed by atoms with Crippen molar-refractivity contribution in [2.24, 2.45) is 65.7 Å². The summed E-state index contributed by atoms with van der Waals surface area (Å²) in [5.74, 6) is 8.53. The van der Waals surface area contributed by atoms with Gasteiger partial charge in [-0.15, -0.1) is 0 Å². The molecule has 132 heavy (non-hydrogen) atoms. The molecule has 7 nitrogen and oxygen atoms in total. The van der Waals surface area contributed by atoms with Crippen molar-refractivity contribution in [3.63, 3.8) is 0 Å². The number of hydrogen-bond acceptors (Lipinski definition) is 6. The highest BCUT2D eigenvalue weighted by Crippen LogP contribution is 2.70. The van der Waals surface area contributed by atoms with Crippen LogP contribution in [0.1, 0.15) is 523 Å². The van der Waals surface area contributed by atoms with Crippen LogP contribution in [0.3, 0.4) is 0 Å². The summed E-state index contributed by atoms with van der Waals surface area (Å²) >= 11 is 0. The van der Waals surface area contributed by atoms with Crippen LogP contribution in [0.4, 0.5) is 0 Å². The van der Waals surface area contributed by atoms with E-state index in [2.05, 4.69) is 131 Å². The number of fused-ring (bicyclic) bond motifs is 11. The van der Waals surface area contributed by atoms with Crippen molar-refractivity contribution in [1.29, 1.82) is 0 Å². The Balaban J connectivity index is -0.000000208. The molecule has 21 rings (SSSR count). The lowest BCUT2D eigenvalue weighted by molar-refractivity contribution is -0.149. The van der Waals surface area contributed by atoms with Gasteiger partial charge in [-0.1, -0.05) is 470 Å². The summed E-state index contributed by atoms with van der Waals surface area (Å²) in [4.78, 5) is 11.6. The maximum atomic E-state index is 11.6. The molecule has 7 aliphatic heterocycles. The van der Waals surface area contributed by atoms with Gasteiger partial charge in [-0.3, -0.25) is 4.79 Å². The number of aromatic nitrogens is 1. The molecule has 0 spiro atoms. The van der Waals surface area contributed by atoms with Gasteiger partial charge < -0.3 is 28.3 Å². The van der Waals surface area contributed by atoms with Crippen molar-refractivity contribution in [1.82, 2.24) is 4.57 Å². The van der Waals surface area contributed by atoms with E-state index in [1.807, 2.05) is 248 Å². The lowest BCUT2D eigenvalue weighted by atomic mass is 9.69. The van der Waals surface area contributed by atoms with Crippen LogP contribution in [0, 0.1) is 58.7 Å². The van der Waals surface area contributed by atoms with Gasteiger partial charge in [0.05, 0.1) is 36.9 Å². The molecule has 780 valence electrons. The first-order valence-electron chi connectivity index (χ1n) is 57.2. The van der Waals surface area contributed by atoms with Gasteiger partial charge in [-0.25, -0.2) is 0 Å². The molecule has 4 bridgehead atoms. The van der Waals surface area contributed by atoms with Crippen LogP contribution in [-0.2, 0) is 75.7 Å². The monoisotopic (exact) mass is 1850 g/mol. The predicted molar refractivity (Wildman–Crippen MR) is 601 cm³/mol. The third-order valence-corrected chi connectivity index (χ3v) is 26.2. The van der Waals surface area contributed by atoms with E-state index in [4.69, 9.17) is 23.7 Å². The van der Waals surface area contributed by atoms with Gasteiger partial charge in [0.1, 0.15) is 11.4 Å². The number of benzene rings is 3. The van der Waals surface area contributed by atoms with Crippen LogP contribution in [-0.4, -0.2) is 60.4 Å². The molecule has 7 heteroatoms. The molecule has 10 fully saturated rings. The number of carbonyl (C=O) groups excluding carboxylic acids is 1. The molecular formula is C125H239NO6. The molecular weight excluding hydrogens is 1610 g/mol. The minimum absolute atomic E-state index is 0. The van der Waals surface area contributed by atoms with Gasteiger partial charge in [-0.2, -0.15) is 0 Å². The number of para-hydroxylation sites is 1. The number of cyclic esters (lactones) is 1. The predicted octanol–water partition coefficient (Wildman–Crippen LogP) is 40.5. The number of esters is 1. The summed E-state index contributed by atoms with van der Waals surface area (Å²) in [6, 6.07) is 28.0. The topological polar surface area (TPSA) is 68.2 Å². The summed E-state index contributed by atoms with van der Waals surface area (Å²) in [6.07, 6.45) is 62.0. The second-order valence-corrected chi connectivity index (χ2v) is 34.1. The number of nitrogens with zero attached hydrogens (tertiary/aromatic N) is 1. The number of aryl methyl sites for hydroxylation is 7. The first-order valence-corrected chi connectivity index (χ1v) is 57.2. The first-order chi connectivity index (χ1) is 63.7. The molecule has 0 N–H and O–H groups in total. The van der Waals surface area contributed by atoms with Crippen LogP contribution < -0.4 is 4.74 Å². The molecule has 3 aromatic carbocycles. The fourth-order valence-electron chi connectivity index (χ4n) is 19.6. The fraction of sp³-hybridized carbons (Fsp3) is 0.784. The van der Waals surface area contributed by atoms with E-state index < -0.39 is 0 Å². The molecule has 1 aromatic heterocycles. The molecule has 10 aliphatic carbocycles. The van der Waals surface area contributed by atoms with Gasteiger partial charge in [-0.05, 0) is 236 Å². The standard InChI is InChI=1S/C11H18O2.2C10H18.C10H12.C9H13N.C9H10O.C9H10.C7H12O.C7H10O.C6H8.C3H6O.16C2H6.2CH4/c1-7-5-4-6-8-9(7)10(12)13-11(8,2)3;3*1-2-6-10-8-4-3-7-9(10)5-1;1-10-7-6-8-4-2-3-5-9(8)10;1-2-6-9-8(4-1)5-3-7-10-9;1-2-5-9-7-3-6-8(9)4-1;2*1-5-4-6-2-3-7(5)8-6;1-6(2)4-3-5(4)6;1-2-4-3-1;16*1-2;;/h7-9H,4-6H2,1-3H3;2*9-10H,1-8H2;1-2,5-6H,3-4,7-8H2;6-7H,2-5H2,1H3;1-2,4,6H,3,5,7H2;1-2,4-5H,3,6-7H2;5-7H,2-4H2,1H3;2-3,5-7H,4H2,1H3;3H2,1-2H3;1-3H2;16*1-2H3;2*1H4. The molecule has 17 aliphatic rings. The summed E-state index contributed by atoms with van der Waals surface area (Å²) < 4.78 is 28.9. The Kier molecular flexibility index (Phi) is 103. The van der Waals surface area contributed by atoms with Gasteiger partial charge in [0.15, 0.2) is 0 Å². The quantitative estimate of drug-likeness (QED) is 0.129. The Morgan fingerprint density at radius 2 is 0.697 bits per heavy atom. The maximum absolute atomic E-state index is 11.6. The summed E-state index contributed by atoms with van der Waals surface area (Å²) in [5, 5.41) is 0. The van der Waals surface area contributed by atoms with Gasteiger partial charge in [0.25, 0.3) is 0 Å². The highest BCUT2D eigenvalue weighted by atomic mass is 16.6. The van der Waals surface area contributed by atoms with E-state index in [1.165, 1.54) is 185 Å². The Morgan fingerprint density at radius 1 is 0.341 bits per heavy atom. The molecule has 9 atom stereocenters. The van der Waals surface area contributed by atoms with Crippen molar-refractivity contribution in [3.8, 4) is 5.75 Å². The number of hydrogen-bond donors (Lipinski definition) is 0. The summed E-state index contributed by atoms with van der Waals surface area (Å²) in [6.45, 7) is 82.3. The minimum Gasteiger partial charge on any atom is -0.493 e. The van der Waals surface area contributed by atoms with E-state index in [0.29, 0.717) is 41.7 Å². The summed E-state index contributed by atoms with van der Waals surface area (Å²) in [5.41, 5.74) is 14.7. The number of carbonyl (C=O) groups is 1. The van der Waals surface area contributed by atoms with Crippen LogP contribution in [0.5, 0.6) is 5.75 Å². The van der Waals surface area contributed by atoms with Gasteiger partial charge in [0.2, 0.25) is 0 Å². The SMILES string of the molecule is C.C.C1CCC2CCCCC2C1.C1CCC2CCCCC2C1.C1COC1.CC.CC.CC.CC.CC.CC.CC.CC.CC.CC.CC.CC.CC.CC.CC.CC.CC1(C)C2=C1C2.CC1CC2C=CC1O2.CC1CC2CCC1O2.CC1CCCC2C1C(=O)OC2(C)C.Cn1ccc2c1CCCC2.c1ccc2c(c1)CCC2.c1ccc2c(c1)CCCC2.c1ccc2c(c1)CCCO2. The van der Waals surface area contributed by atoms with Crippen molar-refractivity contribution < 1.29 is 28.5 Å². The maximum Gasteiger partial charge on any atom is 0.310 e. The number of allylic oxidation sites excluding steroid dienone is 2. The Bertz CT molecular complexity index is 2900. The third kappa shape index (κ3) is 55.4. The summed E-state index contributed by atoms with van der Waals surface area (Å²) in [7, 11) is 2.14. The van der Waals surface area contributed by atoms with E-state index in [-0.39, 0.29) is 32.3 Å². The van der Waals surface area contributed by atoms with E-state index in [9.17, 15) is 4.79 Å². The molecule has 8 heterocycles. The highest BCUT2D eigenvalue weighted by Gasteiger charge is 2.56. The minimum atomic E-state index is -0.212. The lowest BCUT2D eigenvalue weighted by Crippen LogP contribution is -2.34. The van der Waals surface area contributed by atoms with Crippen molar-refractivity contribution >= 4 is 5.97 Å². The molecule has 5 saturated heterocycles. The van der Waals surface area contributed by atoms with Crippen molar-refractivity contribution in [2.45, 2.75) is 559 Å². The third-order valence-electron chi connectivity index (χ3n) is 26.2. The van der Waals surface area contributed by atoms with Crippen LogP contribution in [0.15, 0.2) is 108 Å². The molecule has 0 radical (unpaired) electrons. The second kappa shape index (κ2) is 95.5. The molecule has 0 amide bonds. The fourth-order valence-corrected chi connectivity index (χ4v) is 19.6. The van der Waals surface area contributed by atoms with E-state index >= 15 is 0 Å². The Labute approximate surface area is 831 Å². The van der Waals surface area contributed by atoms with Crippen molar-refractivity contribution in [3.05, 3.63) is 147 Å².